The Bertz CT molecular complexity index is 57.7. The highest BCUT2D eigenvalue weighted by Gasteiger charge is 1.93. The van der Waals surface area contributed by atoms with Crippen molar-refractivity contribution in [2.75, 3.05) is 12.0 Å². The summed E-state index contributed by atoms with van der Waals surface area (Å²) in [6.07, 6.45) is 2.68. The van der Waals surface area contributed by atoms with Crippen molar-refractivity contribution in [3.05, 3.63) is 0 Å². The van der Waals surface area contributed by atoms with Crippen molar-refractivity contribution in [1.82, 2.24) is 0 Å². The van der Waals surface area contributed by atoms with Crippen LogP contribution in [0.15, 0.2) is 0 Å². The van der Waals surface area contributed by atoms with Crippen LogP contribution in [0, 0.1) is 0 Å². The van der Waals surface area contributed by atoms with E-state index >= 15 is 0 Å². The quantitative estimate of drug-likeness (QED) is 0.526. The molecule has 0 rings (SSSR count). The van der Waals surface area contributed by atoms with E-state index < -0.39 is 0 Å². The topological polar surface area (TPSA) is 43.1 Å². The molecule has 0 bridgehead atoms. The largest absolute Gasteiger partial charge is 0.321 e. The third-order valence-corrected chi connectivity index (χ3v) is 1.25. The molecular formula is C4H9NOS. The first-order chi connectivity index (χ1) is 3.31. The van der Waals surface area contributed by atoms with Gasteiger partial charge in [-0.05, 0) is 6.26 Å². The average Bonchev–Trinajstić information content (AvgIpc) is 1.68. The summed E-state index contributed by atoms with van der Waals surface area (Å²) in [5.74, 6) is 0.726. The summed E-state index contributed by atoms with van der Waals surface area (Å²) < 4.78 is 0. The minimum absolute atomic E-state index is 0.269. The van der Waals surface area contributed by atoms with Crippen LogP contribution in [0.5, 0.6) is 0 Å². The number of rotatable bonds is 3. The van der Waals surface area contributed by atoms with Gasteiger partial charge in [-0.1, -0.05) is 0 Å². The van der Waals surface area contributed by atoms with E-state index in [1.54, 1.807) is 11.8 Å². The van der Waals surface area contributed by atoms with Gasteiger partial charge in [0.25, 0.3) is 0 Å². The smallest absolute Gasteiger partial charge is 0.137 e. The third kappa shape index (κ3) is 3.82. The van der Waals surface area contributed by atoms with Crippen LogP contribution in [-0.2, 0) is 4.79 Å². The van der Waals surface area contributed by atoms with Crippen molar-refractivity contribution >= 4 is 18.0 Å². The molecule has 7 heavy (non-hydrogen) atoms. The van der Waals surface area contributed by atoms with Gasteiger partial charge in [-0.3, -0.25) is 0 Å². The van der Waals surface area contributed by atoms with E-state index in [1.165, 1.54) is 0 Å². The SMILES string of the molecule is CSC[C@H](N)C=O. The average molecular weight is 119 g/mol. The molecule has 0 saturated heterocycles. The van der Waals surface area contributed by atoms with Gasteiger partial charge in [-0.2, -0.15) is 11.8 Å². The molecular weight excluding hydrogens is 110 g/mol. The van der Waals surface area contributed by atoms with E-state index in [9.17, 15) is 4.79 Å². The summed E-state index contributed by atoms with van der Waals surface area (Å²) in [7, 11) is 0. The van der Waals surface area contributed by atoms with Gasteiger partial charge < -0.3 is 10.5 Å². The summed E-state index contributed by atoms with van der Waals surface area (Å²) in [5.41, 5.74) is 5.19. The van der Waals surface area contributed by atoms with Gasteiger partial charge in [-0.25, -0.2) is 0 Å². The van der Waals surface area contributed by atoms with Crippen molar-refractivity contribution in [3.8, 4) is 0 Å². The number of carbonyl (C=O) groups is 1. The van der Waals surface area contributed by atoms with Gasteiger partial charge in [0, 0.05) is 5.75 Å². The molecule has 2 N–H and O–H groups in total. The van der Waals surface area contributed by atoms with Crippen molar-refractivity contribution in [3.63, 3.8) is 0 Å². The molecule has 0 aliphatic carbocycles. The highest BCUT2D eigenvalue weighted by Crippen LogP contribution is 1.90. The fourth-order valence-corrected chi connectivity index (χ4v) is 0.695. The Morgan fingerprint density at radius 1 is 2.00 bits per heavy atom. The number of hydrogen-bond acceptors (Lipinski definition) is 3. The molecule has 0 aliphatic heterocycles. The maximum absolute atomic E-state index is 9.76. The molecule has 0 fully saturated rings. The van der Waals surface area contributed by atoms with Crippen molar-refractivity contribution in [1.29, 1.82) is 0 Å². The standard InChI is InChI=1S/C4H9NOS/c1-7-3-4(5)2-6/h2,4H,3,5H2,1H3/t4-/m1/s1. The normalized spacial score (nSPS) is 13.4. The lowest BCUT2D eigenvalue weighted by Gasteiger charge is -1.95. The maximum Gasteiger partial charge on any atom is 0.137 e. The van der Waals surface area contributed by atoms with E-state index in [0.29, 0.717) is 0 Å². The van der Waals surface area contributed by atoms with Gasteiger partial charge in [-0.15, -0.1) is 0 Å². The van der Waals surface area contributed by atoms with Gasteiger partial charge in [0.05, 0.1) is 6.04 Å². The van der Waals surface area contributed by atoms with E-state index in [-0.39, 0.29) is 6.04 Å². The molecule has 42 valence electrons. The first-order valence-corrected chi connectivity index (χ1v) is 3.40. The zero-order valence-electron chi connectivity index (χ0n) is 4.26. The van der Waals surface area contributed by atoms with Crippen LogP contribution in [0.25, 0.3) is 0 Å². The molecule has 3 heteroatoms. The van der Waals surface area contributed by atoms with Crippen LogP contribution < -0.4 is 5.73 Å². The summed E-state index contributed by atoms with van der Waals surface area (Å²) in [4.78, 5) is 9.76. The Morgan fingerprint density at radius 2 is 2.57 bits per heavy atom. The first-order valence-electron chi connectivity index (χ1n) is 2.01. The number of hydrogen-bond donors (Lipinski definition) is 1. The lowest BCUT2D eigenvalue weighted by Crippen LogP contribution is -2.23. The molecule has 1 atom stereocenters. The molecule has 0 aromatic carbocycles. The predicted octanol–water partition coefficient (Wildman–Crippen LogP) is -0.124. The highest BCUT2D eigenvalue weighted by atomic mass is 32.2. The molecule has 0 aromatic heterocycles. The van der Waals surface area contributed by atoms with Crippen molar-refractivity contribution in [2.45, 2.75) is 6.04 Å². The number of aldehydes is 1. The van der Waals surface area contributed by atoms with Gasteiger partial charge in [0.2, 0.25) is 0 Å². The number of thioether (sulfide) groups is 1. The molecule has 2 nitrogen and oxygen atoms in total. The summed E-state index contributed by atoms with van der Waals surface area (Å²) in [6, 6.07) is -0.269. The van der Waals surface area contributed by atoms with Gasteiger partial charge in [0.15, 0.2) is 0 Å². The van der Waals surface area contributed by atoms with Crippen molar-refractivity contribution < 1.29 is 4.79 Å². The fourth-order valence-electron chi connectivity index (χ4n) is 0.232. The first kappa shape index (κ1) is 6.98. The molecule has 0 aliphatic rings. The monoisotopic (exact) mass is 119 g/mol. The minimum Gasteiger partial charge on any atom is -0.321 e. The number of carbonyl (C=O) groups excluding carboxylic acids is 1. The van der Waals surface area contributed by atoms with Gasteiger partial charge in [0.1, 0.15) is 6.29 Å². The molecule has 0 amide bonds. The van der Waals surface area contributed by atoms with E-state index in [1.807, 2.05) is 6.26 Å². The molecule has 0 aromatic rings. The highest BCUT2D eigenvalue weighted by molar-refractivity contribution is 7.98. The maximum atomic E-state index is 9.76. The third-order valence-electron chi connectivity index (χ3n) is 0.534. The van der Waals surface area contributed by atoms with Crippen LogP contribution in [-0.4, -0.2) is 24.3 Å². The van der Waals surface area contributed by atoms with Crippen molar-refractivity contribution in [2.24, 2.45) is 5.73 Å². The second-order valence-corrected chi connectivity index (χ2v) is 2.17. The predicted molar refractivity (Wildman–Crippen MR) is 32.4 cm³/mol. The summed E-state index contributed by atoms with van der Waals surface area (Å²) >= 11 is 1.58. The Morgan fingerprint density at radius 3 is 2.71 bits per heavy atom. The van der Waals surface area contributed by atoms with E-state index in [2.05, 4.69) is 0 Å². The Balaban J connectivity index is 2.98. The Hall–Kier alpha value is -0.0200. The molecule has 0 radical (unpaired) electrons. The molecule has 0 heterocycles. The van der Waals surface area contributed by atoms with Crippen LogP contribution in [0.4, 0.5) is 0 Å². The zero-order chi connectivity index (χ0) is 5.70. The number of nitrogens with two attached hydrogens (primary N) is 1. The van der Waals surface area contributed by atoms with Crippen LogP contribution >= 0.6 is 11.8 Å². The van der Waals surface area contributed by atoms with E-state index in [4.69, 9.17) is 5.73 Å². The van der Waals surface area contributed by atoms with Crippen LogP contribution in [0.2, 0.25) is 0 Å². The summed E-state index contributed by atoms with van der Waals surface area (Å²) in [5, 5.41) is 0. The van der Waals surface area contributed by atoms with E-state index in [0.717, 1.165) is 12.0 Å². The molecule has 0 unspecified atom stereocenters. The second kappa shape index (κ2) is 4.15. The molecule has 0 saturated carbocycles. The zero-order valence-corrected chi connectivity index (χ0v) is 5.07. The lowest BCUT2D eigenvalue weighted by molar-refractivity contribution is -0.108. The fraction of sp³-hybridized carbons (Fsp3) is 0.750. The lowest BCUT2D eigenvalue weighted by atomic mass is 10.4. The summed E-state index contributed by atoms with van der Waals surface area (Å²) in [6.45, 7) is 0. The Labute approximate surface area is 47.5 Å². The van der Waals surface area contributed by atoms with Gasteiger partial charge >= 0.3 is 0 Å². The minimum atomic E-state index is -0.269. The second-order valence-electron chi connectivity index (χ2n) is 1.26. The van der Waals surface area contributed by atoms with Crippen LogP contribution in [0.3, 0.4) is 0 Å². The van der Waals surface area contributed by atoms with Crippen LogP contribution in [0.1, 0.15) is 0 Å². The Kier molecular flexibility index (Phi) is 4.14. The molecule has 0 spiro atoms.